The minimum absolute atomic E-state index is 0.158. The minimum atomic E-state index is -3.46. The average Bonchev–Trinajstić information content (AvgIpc) is 2.44. The second-order valence-electron chi connectivity index (χ2n) is 5.05. The van der Waals surface area contributed by atoms with E-state index in [1.807, 2.05) is 0 Å². The number of hydrogen-bond acceptors (Lipinski definition) is 4. The summed E-state index contributed by atoms with van der Waals surface area (Å²) in [5.74, 6) is 0.689. The molecule has 5 nitrogen and oxygen atoms in total. The van der Waals surface area contributed by atoms with E-state index >= 15 is 0 Å². The summed E-state index contributed by atoms with van der Waals surface area (Å²) < 4.78 is 32.5. The second kappa shape index (κ2) is 6.56. The monoisotopic (exact) mass is 298 g/mol. The van der Waals surface area contributed by atoms with Crippen molar-refractivity contribution < 1.29 is 13.2 Å². The average molecular weight is 298 g/mol. The van der Waals surface area contributed by atoms with E-state index < -0.39 is 10.0 Å². The quantitative estimate of drug-likeness (QED) is 0.786. The Morgan fingerprint density at radius 3 is 2.95 bits per heavy atom. The number of benzene rings is 1. The standard InChI is InChI=1S/C14H22N2O3S/c1-2-3-4-8-16-20(17,18)11-5-6-14-12(10-11)13(15)7-9-19-14/h5-6,10,13,16H,2-4,7-9,15H2,1H3. The third-order valence-electron chi connectivity index (χ3n) is 3.45. The lowest BCUT2D eigenvalue weighted by Crippen LogP contribution is -2.26. The summed E-state index contributed by atoms with van der Waals surface area (Å²) in [5, 5.41) is 0. The van der Waals surface area contributed by atoms with Gasteiger partial charge in [-0.25, -0.2) is 13.1 Å². The maximum Gasteiger partial charge on any atom is 0.240 e. The predicted octanol–water partition coefficient (Wildman–Crippen LogP) is 1.94. The first-order chi connectivity index (χ1) is 9.54. The van der Waals surface area contributed by atoms with E-state index in [0.717, 1.165) is 24.8 Å². The fourth-order valence-corrected chi connectivity index (χ4v) is 3.34. The van der Waals surface area contributed by atoms with Gasteiger partial charge in [-0.1, -0.05) is 19.8 Å². The SMILES string of the molecule is CCCCCNS(=O)(=O)c1ccc2c(c1)C(N)CCO2. The number of nitrogens with two attached hydrogens (primary N) is 1. The zero-order valence-electron chi connectivity index (χ0n) is 11.8. The van der Waals surface area contributed by atoms with Gasteiger partial charge >= 0.3 is 0 Å². The predicted molar refractivity (Wildman–Crippen MR) is 78.2 cm³/mol. The molecule has 0 saturated carbocycles. The lowest BCUT2D eigenvalue weighted by Gasteiger charge is -2.23. The van der Waals surface area contributed by atoms with Crippen LogP contribution in [0.4, 0.5) is 0 Å². The molecule has 6 heteroatoms. The molecule has 0 radical (unpaired) electrons. The van der Waals surface area contributed by atoms with Crippen molar-refractivity contribution in [1.29, 1.82) is 0 Å². The Morgan fingerprint density at radius 1 is 1.40 bits per heavy atom. The molecule has 112 valence electrons. The van der Waals surface area contributed by atoms with Gasteiger partial charge in [0.25, 0.3) is 0 Å². The van der Waals surface area contributed by atoms with Crippen molar-refractivity contribution in [3.63, 3.8) is 0 Å². The van der Waals surface area contributed by atoms with Crippen molar-refractivity contribution in [2.24, 2.45) is 5.73 Å². The van der Waals surface area contributed by atoms with Crippen molar-refractivity contribution in [2.45, 2.75) is 43.5 Å². The topological polar surface area (TPSA) is 81.4 Å². The maximum atomic E-state index is 12.2. The molecule has 1 heterocycles. The minimum Gasteiger partial charge on any atom is -0.493 e. The fourth-order valence-electron chi connectivity index (χ4n) is 2.23. The van der Waals surface area contributed by atoms with E-state index in [0.29, 0.717) is 25.3 Å². The van der Waals surface area contributed by atoms with Gasteiger partial charge in [-0.05, 0) is 24.6 Å². The van der Waals surface area contributed by atoms with Crippen LogP contribution in [0.15, 0.2) is 23.1 Å². The number of sulfonamides is 1. The van der Waals surface area contributed by atoms with Crippen LogP contribution in [-0.2, 0) is 10.0 Å². The third kappa shape index (κ3) is 3.50. The van der Waals surface area contributed by atoms with Gasteiger partial charge in [0, 0.05) is 24.6 Å². The van der Waals surface area contributed by atoms with E-state index in [9.17, 15) is 8.42 Å². The molecule has 0 amide bonds. The Morgan fingerprint density at radius 2 is 2.20 bits per heavy atom. The van der Waals surface area contributed by atoms with Gasteiger partial charge in [0.2, 0.25) is 10.0 Å². The molecule has 0 aromatic heterocycles. The second-order valence-corrected chi connectivity index (χ2v) is 6.82. The van der Waals surface area contributed by atoms with E-state index in [-0.39, 0.29) is 10.9 Å². The lowest BCUT2D eigenvalue weighted by molar-refractivity contribution is 0.268. The van der Waals surface area contributed by atoms with Crippen molar-refractivity contribution >= 4 is 10.0 Å². The summed E-state index contributed by atoms with van der Waals surface area (Å²) in [6.45, 7) is 3.13. The Hall–Kier alpha value is -1.11. The highest BCUT2D eigenvalue weighted by Gasteiger charge is 2.22. The summed E-state index contributed by atoms with van der Waals surface area (Å²) in [7, 11) is -3.46. The first kappa shape index (κ1) is 15.3. The number of nitrogens with one attached hydrogen (secondary N) is 1. The van der Waals surface area contributed by atoms with Gasteiger partial charge < -0.3 is 10.5 Å². The first-order valence-corrected chi connectivity index (χ1v) is 8.55. The molecule has 1 atom stereocenters. The van der Waals surface area contributed by atoms with Crippen LogP contribution < -0.4 is 15.2 Å². The zero-order valence-corrected chi connectivity index (χ0v) is 12.6. The molecule has 0 fully saturated rings. The Labute approximate surface area is 120 Å². The maximum absolute atomic E-state index is 12.2. The van der Waals surface area contributed by atoms with Crippen LogP contribution in [0.3, 0.4) is 0 Å². The Kier molecular flexibility index (Phi) is 5.01. The fraction of sp³-hybridized carbons (Fsp3) is 0.571. The van der Waals surface area contributed by atoms with Crippen LogP contribution in [0.2, 0.25) is 0 Å². The van der Waals surface area contributed by atoms with Crippen LogP contribution >= 0.6 is 0 Å². The molecular formula is C14H22N2O3S. The number of unbranched alkanes of at least 4 members (excludes halogenated alkanes) is 2. The molecule has 1 aliphatic rings. The van der Waals surface area contributed by atoms with Gasteiger partial charge in [0.1, 0.15) is 5.75 Å². The van der Waals surface area contributed by atoms with E-state index in [4.69, 9.17) is 10.5 Å². The van der Waals surface area contributed by atoms with Gasteiger partial charge in [0.05, 0.1) is 11.5 Å². The summed E-state index contributed by atoms with van der Waals surface area (Å²) in [6.07, 6.45) is 3.64. The van der Waals surface area contributed by atoms with Crippen LogP contribution in [-0.4, -0.2) is 21.6 Å². The summed E-state index contributed by atoms with van der Waals surface area (Å²) in [6, 6.07) is 4.73. The molecule has 1 aliphatic heterocycles. The van der Waals surface area contributed by atoms with Crippen molar-refractivity contribution in [2.75, 3.05) is 13.2 Å². The highest BCUT2D eigenvalue weighted by atomic mass is 32.2. The summed E-state index contributed by atoms with van der Waals surface area (Å²) in [4.78, 5) is 0.258. The van der Waals surface area contributed by atoms with Gasteiger partial charge in [-0.2, -0.15) is 0 Å². The van der Waals surface area contributed by atoms with Crippen LogP contribution in [0.25, 0.3) is 0 Å². The number of rotatable bonds is 6. The van der Waals surface area contributed by atoms with Crippen molar-refractivity contribution in [3.8, 4) is 5.75 Å². The normalized spacial score (nSPS) is 18.4. The van der Waals surface area contributed by atoms with Crippen LogP contribution in [0.5, 0.6) is 5.75 Å². The molecule has 1 aromatic carbocycles. The third-order valence-corrected chi connectivity index (χ3v) is 4.91. The number of hydrogen-bond donors (Lipinski definition) is 2. The molecule has 0 aliphatic carbocycles. The molecule has 0 spiro atoms. The van der Waals surface area contributed by atoms with Gasteiger partial charge in [0.15, 0.2) is 0 Å². The molecule has 2 rings (SSSR count). The Bertz CT molecular complexity index is 558. The highest BCUT2D eigenvalue weighted by molar-refractivity contribution is 7.89. The summed E-state index contributed by atoms with van der Waals surface area (Å²) in [5.41, 5.74) is 6.77. The molecular weight excluding hydrogens is 276 g/mol. The highest BCUT2D eigenvalue weighted by Crippen LogP contribution is 2.32. The lowest BCUT2D eigenvalue weighted by atomic mass is 10.0. The van der Waals surface area contributed by atoms with Crippen molar-refractivity contribution in [3.05, 3.63) is 23.8 Å². The zero-order chi connectivity index (χ0) is 14.6. The molecule has 1 unspecified atom stereocenters. The molecule has 1 aromatic rings. The van der Waals surface area contributed by atoms with Crippen molar-refractivity contribution in [1.82, 2.24) is 4.72 Å². The molecule has 3 N–H and O–H groups in total. The van der Waals surface area contributed by atoms with Crippen LogP contribution in [0.1, 0.15) is 44.2 Å². The van der Waals surface area contributed by atoms with Gasteiger partial charge in [-0.3, -0.25) is 0 Å². The van der Waals surface area contributed by atoms with E-state index in [1.165, 1.54) is 0 Å². The number of ether oxygens (including phenoxy) is 1. The van der Waals surface area contributed by atoms with Gasteiger partial charge in [-0.15, -0.1) is 0 Å². The Balaban J connectivity index is 2.14. The number of fused-ring (bicyclic) bond motifs is 1. The molecule has 0 bridgehead atoms. The first-order valence-electron chi connectivity index (χ1n) is 7.06. The smallest absolute Gasteiger partial charge is 0.240 e. The van der Waals surface area contributed by atoms with E-state index in [1.54, 1.807) is 18.2 Å². The largest absolute Gasteiger partial charge is 0.493 e. The van der Waals surface area contributed by atoms with E-state index in [2.05, 4.69) is 11.6 Å². The molecule has 0 saturated heterocycles. The summed E-state index contributed by atoms with van der Waals surface area (Å²) >= 11 is 0. The van der Waals surface area contributed by atoms with Crippen LogP contribution in [0, 0.1) is 0 Å². The molecule has 20 heavy (non-hydrogen) atoms.